The predicted octanol–water partition coefficient (Wildman–Crippen LogP) is 5.79. The van der Waals surface area contributed by atoms with Gasteiger partial charge < -0.3 is 4.74 Å². The van der Waals surface area contributed by atoms with E-state index in [0.717, 1.165) is 29.2 Å². The highest BCUT2D eigenvalue weighted by molar-refractivity contribution is 6.42. The zero-order chi connectivity index (χ0) is 20.4. The van der Waals surface area contributed by atoms with Crippen molar-refractivity contribution in [3.8, 4) is 0 Å². The molecule has 6 heteroatoms. The van der Waals surface area contributed by atoms with Crippen LogP contribution in [-0.4, -0.2) is 22.9 Å². The van der Waals surface area contributed by atoms with Crippen LogP contribution in [0.3, 0.4) is 0 Å². The smallest absolute Gasteiger partial charge is 0.236 e. The van der Waals surface area contributed by atoms with Crippen LogP contribution in [0.5, 0.6) is 0 Å². The molecule has 0 aliphatic heterocycles. The van der Waals surface area contributed by atoms with Crippen molar-refractivity contribution in [1.82, 2.24) is 4.57 Å². The van der Waals surface area contributed by atoms with Crippen LogP contribution in [0.25, 0.3) is 10.8 Å². The molecule has 1 aromatic heterocycles. The van der Waals surface area contributed by atoms with Gasteiger partial charge in [-0.25, -0.2) is 0 Å². The molecule has 1 unspecified atom stereocenters. The lowest BCUT2D eigenvalue weighted by Gasteiger charge is -2.16. The molecule has 0 saturated heterocycles. The molecule has 4 nitrogen and oxygen atoms in total. The average Bonchev–Trinajstić information content (AvgIpc) is 3.49. The zero-order valence-electron chi connectivity index (χ0n) is 15.8. The van der Waals surface area contributed by atoms with Gasteiger partial charge in [-0.1, -0.05) is 53.5 Å². The summed E-state index contributed by atoms with van der Waals surface area (Å²) in [5.74, 6) is -0.426. The number of hydrogen-bond donors (Lipinski definition) is 0. The number of nitrogens with zero attached hydrogens (tertiary/aromatic N) is 1. The minimum atomic E-state index is -0.528. The Hall–Kier alpha value is -2.14. The second-order valence-electron chi connectivity index (χ2n) is 7.54. The molecule has 0 radical (unpaired) electrons. The molecule has 1 aliphatic carbocycles. The molecule has 1 heterocycles. The normalized spacial score (nSPS) is 14.8. The Kier molecular flexibility index (Phi) is 6.04. The molecular weight excluding hydrogens is 409 g/mol. The Morgan fingerprint density at radius 2 is 1.66 bits per heavy atom. The topological polar surface area (TPSA) is 48.3 Å². The minimum Gasteiger partial charge on any atom is -0.376 e. The van der Waals surface area contributed by atoms with Gasteiger partial charge in [0.05, 0.1) is 29.2 Å². The summed E-state index contributed by atoms with van der Waals surface area (Å²) < 4.78 is 7.33. The molecule has 1 atom stereocenters. The molecule has 1 fully saturated rings. The van der Waals surface area contributed by atoms with Crippen molar-refractivity contribution in [3.63, 3.8) is 0 Å². The maximum Gasteiger partial charge on any atom is 0.236 e. The second-order valence-corrected chi connectivity index (χ2v) is 8.36. The minimum absolute atomic E-state index is 0.112. The summed E-state index contributed by atoms with van der Waals surface area (Å²) in [5.41, 5.74) is 1.03. The Morgan fingerprint density at radius 3 is 2.24 bits per heavy atom. The number of rotatable bonds is 8. The fraction of sp³-hybridized carbons (Fsp3) is 0.304. The third kappa shape index (κ3) is 4.89. The van der Waals surface area contributed by atoms with E-state index in [9.17, 15) is 9.59 Å². The van der Waals surface area contributed by atoms with E-state index in [0.29, 0.717) is 16.7 Å². The summed E-state index contributed by atoms with van der Waals surface area (Å²) in [6.45, 7) is 0.601. The van der Waals surface area contributed by atoms with E-state index < -0.39 is 5.92 Å². The van der Waals surface area contributed by atoms with Crippen LogP contribution in [-0.2, 0) is 16.1 Å². The third-order valence-corrected chi connectivity index (χ3v) is 5.92. The van der Waals surface area contributed by atoms with Gasteiger partial charge in [-0.2, -0.15) is 0 Å². The number of carbonyl (C=O) groups is 2. The summed E-state index contributed by atoms with van der Waals surface area (Å²) >= 11 is 12.2. The van der Waals surface area contributed by atoms with E-state index in [1.807, 2.05) is 30.3 Å². The zero-order valence-corrected chi connectivity index (χ0v) is 17.3. The van der Waals surface area contributed by atoms with Crippen LogP contribution in [0.2, 0.25) is 10.0 Å². The highest BCUT2D eigenvalue weighted by Gasteiger charge is 2.33. The van der Waals surface area contributed by atoms with Gasteiger partial charge in [0.15, 0.2) is 0 Å². The van der Waals surface area contributed by atoms with Crippen molar-refractivity contribution >= 4 is 45.7 Å². The molecule has 1 saturated carbocycles. The van der Waals surface area contributed by atoms with Gasteiger partial charge in [-0.15, -0.1) is 0 Å². The summed E-state index contributed by atoms with van der Waals surface area (Å²) in [6, 6.07) is 13.2. The van der Waals surface area contributed by atoms with E-state index in [1.165, 1.54) is 4.57 Å². The van der Waals surface area contributed by atoms with E-state index in [-0.39, 0.29) is 30.6 Å². The monoisotopic (exact) mass is 429 g/mol. The Morgan fingerprint density at radius 1 is 1.03 bits per heavy atom. The molecule has 0 spiro atoms. The lowest BCUT2D eigenvalue weighted by atomic mass is 10.00. The van der Waals surface area contributed by atoms with Gasteiger partial charge in [-0.05, 0) is 30.5 Å². The molecule has 29 heavy (non-hydrogen) atoms. The fourth-order valence-electron chi connectivity index (χ4n) is 3.40. The molecule has 0 amide bonds. The van der Waals surface area contributed by atoms with Crippen molar-refractivity contribution in [2.45, 2.75) is 25.9 Å². The molecule has 2 aromatic carbocycles. The summed E-state index contributed by atoms with van der Waals surface area (Å²) in [6.07, 6.45) is 5.51. The second kappa shape index (κ2) is 8.70. The standard InChI is InChI=1S/C23H21Cl2NO3/c24-20-8-17-11-26(12-18(17)9-21(20)25)23(28)19(10-22(27)16-6-7-16)14-29-13-15-4-2-1-3-5-15/h1-5,8-9,11-12,16,19H,6-7,10,13-14H2. The summed E-state index contributed by atoms with van der Waals surface area (Å²) in [7, 11) is 0. The van der Waals surface area contributed by atoms with Crippen molar-refractivity contribution in [1.29, 1.82) is 0 Å². The maximum absolute atomic E-state index is 13.2. The summed E-state index contributed by atoms with van der Waals surface area (Å²) in [5, 5.41) is 2.53. The number of ether oxygens (including phenoxy) is 1. The number of Topliss-reactive ketones (excluding diaryl/α,β-unsaturated/α-hetero) is 1. The quantitative estimate of drug-likeness (QED) is 0.455. The molecule has 3 aromatic rings. The van der Waals surface area contributed by atoms with Crippen LogP contribution in [0.15, 0.2) is 54.9 Å². The number of benzene rings is 2. The maximum atomic E-state index is 13.2. The molecule has 4 rings (SSSR count). The van der Waals surface area contributed by atoms with Gasteiger partial charge in [0, 0.05) is 35.5 Å². The number of hydrogen-bond acceptors (Lipinski definition) is 3. The lowest BCUT2D eigenvalue weighted by Crippen LogP contribution is -2.28. The number of ketones is 1. The van der Waals surface area contributed by atoms with Crippen LogP contribution in [0.4, 0.5) is 0 Å². The van der Waals surface area contributed by atoms with Crippen LogP contribution < -0.4 is 0 Å². The number of carbonyl (C=O) groups excluding carboxylic acids is 2. The van der Waals surface area contributed by atoms with E-state index >= 15 is 0 Å². The van der Waals surface area contributed by atoms with Crippen molar-refractivity contribution in [2.24, 2.45) is 11.8 Å². The number of fused-ring (bicyclic) bond motifs is 1. The van der Waals surface area contributed by atoms with E-state index in [2.05, 4.69) is 0 Å². The number of halogens is 2. The Bertz CT molecular complexity index is 1000. The molecule has 150 valence electrons. The molecule has 0 bridgehead atoms. The first-order valence-corrected chi connectivity index (χ1v) is 10.4. The molecular formula is C23H21Cl2NO3. The SMILES string of the molecule is O=C(CC(COCc1ccccc1)C(=O)n1cc2cc(Cl)c(Cl)cc2c1)C1CC1. The largest absolute Gasteiger partial charge is 0.376 e. The van der Waals surface area contributed by atoms with Crippen LogP contribution in [0.1, 0.15) is 29.6 Å². The fourth-order valence-corrected chi connectivity index (χ4v) is 3.75. The number of aromatic nitrogens is 1. The van der Waals surface area contributed by atoms with Gasteiger partial charge >= 0.3 is 0 Å². The molecule has 0 N–H and O–H groups in total. The van der Waals surface area contributed by atoms with E-state index in [1.54, 1.807) is 24.5 Å². The highest BCUT2D eigenvalue weighted by atomic mass is 35.5. The van der Waals surface area contributed by atoms with Gasteiger partial charge in [-0.3, -0.25) is 14.2 Å². The van der Waals surface area contributed by atoms with Crippen molar-refractivity contribution < 1.29 is 14.3 Å². The van der Waals surface area contributed by atoms with Gasteiger partial charge in [0.25, 0.3) is 0 Å². The lowest BCUT2D eigenvalue weighted by molar-refractivity contribution is -0.121. The average molecular weight is 430 g/mol. The van der Waals surface area contributed by atoms with Crippen LogP contribution in [0, 0.1) is 11.8 Å². The highest BCUT2D eigenvalue weighted by Crippen LogP contribution is 2.33. The van der Waals surface area contributed by atoms with Crippen molar-refractivity contribution in [2.75, 3.05) is 6.61 Å². The van der Waals surface area contributed by atoms with Gasteiger partial charge in [0.1, 0.15) is 5.78 Å². The molecule has 1 aliphatic rings. The van der Waals surface area contributed by atoms with Gasteiger partial charge in [0.2, 0.25) is 5.91 Å². The van der Waals surface area contributed by atoms with Crippen molar-refractivity contribution in [3.05, 3.63) is 70.5 Å². The first-order valence-electron chi connectivity index (χ1n) is 9.66. The first-order chi connectivity index (χ1) is 14.0. The Balaban J connectivity index is 1.50. The Labute approximate surface area is 179 Å². The summed E-state index contributed by atoms with van der Waals surface area (Å²) in [4.78, 5) is 25.6. The third-order valence-electron chi connectivity index (χ3n) is 5.20. The van der Waals surface area contributed by atoms with E-state index in [4.69, 9.17) is 27.9 Å². The first kappa shape index (κ1) is 20.1. The predicted molar refractivity (Wildman–Crippen MR) is 115 cm³/mol. The van der Waals surface area contributed by atoms with Crippen LogP contribution >= 0.6 is 23.2 Å².